The minimum Gasteiger partial charge on any atom is -0.490 e. The molecule has 1 N–H and O–H groups in total. The van der Waals surface area contributed by atoms with Gasteiger partial charge in [-0.2, -0.15) is 5.10 Å². The van der Waals surface area contributed by atoms with Gasteiger partial charge in [0, 0.05) is 5.38 Å². The monoisotopic (exact) mass is 391 g/mol. The number of nitrogens with zero attached hydrogens (tertiary/aromatic N) is 2. The highest BCUT2D eigenvalue weighted by Gasteiger charge is 2.08. The summed E-state index contributed by atoms with van der Waals surface area (Å²) in [5.41, 5.74) is 4.40. The van der Waals surface area contributed by atoms with Gasteiger partial charge >= 0.3 is 5.97 Å². The predicted molar refractivity (Wildman–Crippen MR) is 107 cm³/mol. The van der Waals surface area contributed by atoms with E-state index < -0.39 is 0 Å². The van der Waals surface area contributed by atoms with Crippen molar-refractivity contribution in [2.45, 2.75) is 33.6 Å². The number of esters is 1. The molecule has 1 aromatic heterocycles. The van der Waals surface area contributed by atoms with E-state index in [2.05, 4.69) is 22.4 Å². The summed E-state index contributed by atoms with van der Waals surface area (Å²) in [7, 11) is 0. The van der Waals surface area contributed by atoms with Crippen molar-refractivity contribution in [2.75, 3.05) is 25.2 Å². The number of hydrogen-bond donors (Lipinski definition) is 1. The van der Waals surface area contributed by atoms with Gasteiger partial charge in [-0.15, -0.1) is 11.3 Å². The molecule has 8 heteroatoms. The average molecular weight is 391 g/mol. The maximum absolute atomic E-state index is 11.5. The number of anilines is 1. The van der Waals surface area contributed by atoms with Crippen LogP contribution < -0.4 is 14.9 Å². The van der Waals surface area contributed by atoms with Gasteiger partial charge in [0.25, 0.3) is 0 Å². The molecule has 0 aliphatic heterocycles. The highest BCUT2D eigenvalue weighted by molar-refractivity contribution is 7.13. The average Bonchev–Trinajstić information content (AvgIpc) is 3.08. The third-order valence-electron chi connectivity index (χ3n) is 3.29. The molecular formula is C19H25N3O4S. The summed E-state index contributed by atoms with van der Waals surface area (Å²) < 4.78 is 16.2. The topological polar surface area (TPSA) is 82.0 Å². The second kappa shape index (κ2) is 11.2. The number of ether oxygens (including phenoxy) is 3. The molecule has 0 bridgehead atoms. The van der Waals surface area contributed by atoms with E-state index in [0.717, 1.165) is 17.7 Å². The van der Waals surface area contributed by atoms with E-state index >= 15 is 0 Å². The molecular weight excluding hydrogens is 366 g/mol. The molecule has 0 amide bonds. The lowest BCUT2D eigenvalue weighted by Crippen LogP contribution is -2.07. The summed E-state index contributed by atoms with van der Waals surface area (Å²) in [4.78, 5) is 15.8. The first-order valence-electron chi connectivity index (χ1n) is 8.95. The standard InChI is InChI=1S/C19H25N3O4S/c1-4-9-26-16-8-7-14(10-17(16)24-5-2)12-20-22-19-21-15(13-27-19)11-18(23)25-6-3/h7-8,10,12-13H,4-6,9,11H2,1-3H3,(H,21,22)/b20-12-. The molecule has 2 aromatic rings. The van der Waals surface area contributed by atoms with Crippen molar-refractivity contribution in [1.82, 2.24) is 4.98 Å². The van der Waals surface area contributed by atoms with Crippen LogP contribution in [0, 0.1) is 0 Å². The molecule has 0 saturated carbocycles. The van der Waals surface area contributed by atoms with Crippen molar-refractivity contribution in [1.29, 1.82) is 0 Å². The van der Waals surface area contributed by atoms with E-state index in [1.807, 2.05) is 30.5 Å². The molecule has 0 aliphatic carbocycles. The first-order valence-corrected chi connectivity index (χ1v) is 9.82. The minimum absolute atomic E-state index is 0.159. The van der Waals surface area contributed by atoms with E-state index in [1.165, 1.54) is 11.3 Å². The molecule has 0 saturated heterocycles. The van der Waals surface area contributed by atoms with Gasteiger partial charge in [0.15, 0.2) is 11.5 Å². The van der Waals surface area contributed by atoms with Crippen molar-refractivity contribution < 1.29 is 19.0 Å². The number of carbonyl (C=O) groups is 1. The summed E-state index contributed by atoms with van der Waals surface area (Å²) in [6.07, 6.45) is 2.77. The number of rotatable bonds is 11. The lowest BCUT2D eigenvalue weighted by molar-refractivity contribution is -0.142. The van der Waals surface area contributed by atoms with Gasteiger partial charge in [-0.3, -0.25) is 10.2 Å². The Balaban J connectivity index is 1.96. The zero-order chi connectivity index (χ0) is 19.5. The van der Waals surface area contributed by atoms with Crippen molar-refractivity contribution in [3.63, 3.8) is 0 Å². The van der Waals surface area contributed by atoms with Crippen LogP contribution in [0.25, 0.3) is 0 Å². The van der Waals surface area contributed by atoms with E-state index in [1.54, 1.807) is 13.1 Å². The molecule has 1 heterocycles. The lowest BCUT2D eigenvalue weighted by Gasteiger charge is -2.11. The van der Waals surface area contributed by atoms with Crippen LogP contribution in [0.5, 0.6) is 11.5 Å². The smallest absolute Gasteiger partial charge is 0.311 e. The molecule has 2 rings (SSSR count). The van der Waals surface area contributed by atoms with Crippen molar-refractivity contribution in [3.8, 4) is 11.5 Å². The molecule has 0 atom stereocenters. The molecule has 0 radical (unpaired) electrons. The molecule has 1 aromatic carbocycles. The normalized spacial score (nSPS) is 10.8. The van der Waals surface area contributed by atoms with Gasteiger partial charge in [0.2, 0.25) is 5.13 Å². The first kappa shape index (κ1) is 20.7. The Morgan fingerprint density at radius 2 is 2.07 bits per heavy atom. The summed E-state index contributed by atoms with van der Waals surface area (Å²) in [5.74, 6) is 1.14. The van der Waals surface area contributed by atoms with Gasteiger partial charge in [-0.05, 0) is 44.0 Å². The highest BCUT2D eigenvalue weighted by Crippen LogP contribution is 2.28. The van der Waals surface area contributed by atoms with Crippen molar-refractivity contribution in [3.05, 3.63) is 34.8 Å². The van der Waals surface area contributed by atoms with Crippen LogP contribution in [0.2, 0.25) is 0 Å². The fraction of sp³-hybridized carbons (Fsp3) is 0.421. The Hall–Kier alpha value is -2.61. The minimum atomic E-state index is -0.285. The number of hydrazone groups is 1. The molecule has 0 unspecified atom stereocenters. The van der Waals surface area contributed by atoms with Crippen molar-refractivity contribution in [2.24, 2.45) is 5.10 Å². The van der Waals surface area contributed by atoms with E-state index in [-0.39, 0.29) is 12.4 Å². The SMILES string of the molecule is CCCOc1ccc(/C=N\Nc2nc(CC(=O)OCC)cs2)cc1OCC. The summed E-state index contributed by atoms with van der Waals surface area (Å²) in [6, 6.07) is 5.67. The van der Waals surface area contributed by atoms with Gasteiger partial charge in [-0.25, -0.2) is 4.98 Å². The number of benzene rings is 1. The Morgan fingerprint density at radius 1 is 1.22 bits per heavy atom. The van der Waals surface area contributed by atoms with E-state index in [4.69, 9.17) is 14.2 Å². The van der Waals surface area contributed by atoms with Crippen LogP contribution >= 0.6 is 11.3 Å². The van der Waals surface area contributed by atoms with Gasteiger partial charge in [0.1, 0.15) is 0 Å². The van der Waals surface area contributed by atoms with Crippen LogP contribution in [0.1, 0.15) is 38.4 Å². The zero-order valence-electron chi connectivity index (χ0n) is 15.9. The van der Waals surface area contributed by atoms with E-state index in [0.29, 0.717) is 36.4 Å². The van der Waals surface area contributed by atoms with E-state index in [9.17, 15) is 4.79 Å². The fourth-order valence-corrected chi connectivity index (χ4v) is 2.83. The van der Waals surface area contributed by atoms with Gasteiger partial charge in [-0.1, -0.05) is 6.92 Å². The predicted octanol–water partition coefficient (Wildman–Crippen LogP) is 3.88. The highest BCUT2D eigenvalue weighted by atomic mass is 32.1. The van der Waals surface area contributed by atoms with Crippen LogP contribution in [0.4, 0.5) is 5.13 Å². The van der Waals surface area contributed by atoms with Gasteiger partial charge < -0.3 is 14.2 Å². The van der Waals surface area contributed by atoms with Crippen LogP contribution in [-0.2, 0) is 16.0 Å². The third-order valence-corrected chi connectivity index (χ3v) is 4.08. The number of carbonyl (C=O) groups excluding carboxylic acids is 1. The largest absolute Gasteiger partial charge is 0.490 e. The number of thiazole rings is 1. The van der Waals surface area contributed by atoms with Crippen molar-refractivity contribution >= 4 is 28.7 Å². The quantitative estimate of drug-likeness (QED) is 0.356. The Bertz CT molecular complexity index is 761. The maximum atomic E-state index is 11.5. The second-order valence-corrected chi connectivity index (χ2v) is 6.34. The fourth-order valence-electron chi connectivity index (χ4n) is 2.17. The first-order chi connectivity index (χ1) is 13.2. The number of aromatic nitrogens is 1. The van der Waals surface area contributed by atoms with Crippen LogP contribution in [0.15, 0.2) is 28.7 Å². The third kappa shape index (κ3) is 6.90. The lowest BCUT2D eigenvalue weighted by atomic mass is 10.2. The molecule has 27 heavy (non-hydrogen) atoms. The van der Waals surface area contributed by atoms with Crippen LogP contribution in [-0.4, -0.2) is 37.0 Å². The number of hydrogen-bond acceptors (Lipinski definition) is 8. The van der Waals surface area contributed by atoms with Gasteiger partial charge in [0.05, 0.1) is 38.1 Å². The maximum Gasteiger partial charge on any atom is 0.311 e. The Kier molecular flexibility index (Phi) is 8.57. The Morgan fingerprint density at radius 3 is 2.81 bits per heavy atom. The Labute approximate surface area is 163 Å². The molecule has 0 fully saturated rings. The summed E-state index contributed by atoms with van der Waals surface area (Å²) in [5, 5.41) is 6.61. The molecule has 0 spiro atoms. The molecule has 0 aliphatic rings. The summed E-state index contributed by atoms with van der Waals surface area (Å²) >= 11 is 1.38. The van der Waals surface area contributed by atoms with Crippen LogP contribution in [0.3, 0.4) is 0 Å². The summed E-state index contributed by atoms with van der Waals surface area (Å²) in [6.45, 7) is 7.34. The molecule has 146 valence electrons. The molecule has 7 nitrogen and oxygen atoms in total. The second-order valence-electron chi connectivity index (χ2n) is 5.48. The zero-order valence-corrected chi connectivity index (χ0v) is 16.7. The number of nitrogens with one attached hydrogen (secondary N) is 1.